The number of nitrogens with one attached hydrogen (secondary N) is 1. The van der Waals surface area contributed by atoms with Crippen LogP contribution in [0.3, 0.4) is 0 Å². The zero-order valence-electron chi connectivity index (χ0n) is 31.8. The number of ether oxygens (including phenoxy) is 1. The molecule has 3 aromatic heterocycles. The maximum absolute atomic E-state index is 14.5. The Bertz CT molecular complexity index is 2670. The van der Waals surface area contributed by atoms with Crippen LogP contribution in [-0.2, 0) is 37.1 Å². The molecule has 24 heteroatoms. The fourth-order valence-electron chi connectivity index (χ4n) is 5.48. The van der Waals surface area contributed by atoms with Crippen LogP contribution < -0.4 is 24.9 Å². The number of carbonyl (C=O) groups excluding carboxylic acids is 1. The molecule has 18 nitrogen and oxygen atoms in total. The summed E-state index contributed by atoms with van der Waals surface area (Å²) < 4.78 is 91.3. The molecule has 2 unspecified atom stereocenters. The largest absolute Gasteiger partial charge is 0.481 e. The van der Waals surface area contributed by atoms with E-state index in [1.54, 1.807) is 17.7 Å². The number of rotatable bonds is 9. The number of nitrogens with two attached hydrogens (primary N) is 1. The monoisotopic (exact) mass is 878 g/mol. The van der Waals surface area contributed by atoms with Gasteiger partial charge in [-0.1, -0.05) is 25.8 Å². The zero-order valence-corrected chi connectivity index (χ0v) is 34.4. The van der Waals surface area contributed by atoms with Crippen LogP contribution in [0, 0.1) is 42.1 Å². The van der Waals surface area contributed by atoms with Crippen molar-refractivity contribution in [3.05, 3.63) is 76.4 Å². The standard InChI is InChI=1S/C18H17FN4O2S.C12H9F2N5O2S.C5H12NO4P/c1-4-5-22-13-7-12(11(19)6-14(13)25-9-16(22)24)20-17-23-10-18(2,3)8-15(23)21-26-17;1-7-5-6-19-11(15-7)16-12(17-19)22(20,21)18-10-8(13)3-2-4-9(10)14;1-11(9,10)3-2-4(6)5(7)8/h1,6-7H,5,8-10H2,2-3H3;2-6,18H,1H3;4H,2-3,6H2,1H3,(H,7,8)(H,9,10). The van der Waals surface area contributed by atoms with Crippen LogP contribution in [0.25, 0.3) is 5.78 Å². The highest BCUT2D eigenvalue weighted by Crippen LogP contribution is 2.38. The van der Waals surface area contributed by atoms with Crippen LogP contribution in [0.2, 0.25) is 0 Å². The molecule has 0 saturated carbocycles. The maximum Gasteiger partial charge on any atom is 0.320 e. The van der Waals surface area contributed by atoms with Crippen LogP contribution in [-0.4, -0.2) is 90.8 Å². The molecular weight excluding hydrogens is 841 g/mol. The molecule has 0 radical (unpaired) electrons. The molecule has 0 aliphatic carbocycles. The van der Waals surface area contributed by atoms with Gasteiger partial charge in [0.05, 0.1) is 12.2 Å². The Labute approximate surface area is 339 Å². The molecule has 314 valence electrons. The molecule has 0 spiro atoms. The summed E-state index contributed by atoms with van der Waals surface area (Å²) in [5.74, 6) is -0.235. The number of hydrogen-bond acceptors (Lipinski definition) is 13. The molecule has 0 bridgehead atoms. The number of benzene rings is 2. The lowest BCUT2D eigenvalue weighted by atomic mass is 9.92. The molecule has 2 aliphatic heterocycles. The summed E-state index contributed by atoms with van der Waals surface area (Å²) in [5.41, 5.74) is 5.61. The summed E-state index contributed by atoms with van der Waals surface area (Å²) in [6, 6.07) is 6.33. The van der Waals surface area contributed by atoms with Gasteiger partial charge in [0.2, 0.25) is 4.80 Å². The van der Waals surface area contributed by atoms with Gasteiger partial charge in [-0.3, -0.25) is 23.8 Å². The number of fused-ring (bicyclic) bond motifs is 3. The Kier molecular flexibility index (Phi) is 13.3. The van der Waals surface area contributed by atoms with E-state index in [0.29, 0.717) is 21.9 Å². The molecule has 2 atom stereocenters. The van der Waals surface area contributed by atoms with Crippen molar-refractivity contribution in [2.45, 2.75) is 51.4 Å². The Morgan fingerprint density at radius 2 is 1.90 bits per heavy atom. The second kappa shape index (κ2) is 17.7. The first-order chi connectivity index (χ1) is 27.6. The van der Waals surface area contributed by atoms with Gasteiger partial charge in [-0.15, -0.1) is 11.5 Å². The third-order valence-electron chi connectivity index (χ3n) is 8.37. The van der Waals surface area contributed by atoms with E-state index in [2.05, 4.69) is 44.2 Å². The van der Waals surface area contributed by atoms with E-state index in [9.17, 15) is 35.7 Å². The van der Waals surface area contributed by atoms with E-state index in [-0.39, 0.29) is 48.5 Å². The number of carboxylic acid groups (broad SMARTS) is 1. The topological polar surface area (TPSA) is 250 Å². The van der Waals surface area contributed by atoms with E-state index in [1.165, 1.54) is 41.4 Å². The highest BCUT2D eigenvalue weighted by molar-refractivity contribution is 7.92. The molecule has 7 rings (SSSR count). The first kappa shape index (κ1) is 44.4. The fraction of sp³-hybridized carbons (Fsp3) is 0.343. The number of hydrogen-bond donors (Lipinski definition) is 4. The molecular formula is C35H38F3N10O8PS2. The zero-order chi connectivity index (χ0) is 43.4. The third kappa shape index (κ3) is 11.1. The lowest BCUT2D eigenvalue weighted by Gasteiger charge is -2.28. The first-order valence-corrected chi connectivity index (χ1v) is 21.9. The normalized spacial score (nSPS) is 16.0. The summed E-state index contributed by atoms with van der Waals surface area (Å²) in [6.45, 7) is 7.94. The molecule has 5 aromatic rings. The fourth-order valence-corrected chi connectivity index (χ4v) is 7.95. The van der Waals surface area contributed by atoms with Crippen molar-refractivity contribution < 1.29 is 50.5 Å². The van der Waals surface area contributed by atoms with E-state index < -0.39 is 57.7 Å². The molecule has 5 heterocycles. The highest BCUT2D eigenvalue weighted by Gasteiger charge is 2.31. The predicted molar refractivity (Wildman–Crippen MR) is 209 cm³/mol. The SMILES string of the molecule is C#CCN1C(=O)COc2cc(F)c(N=c3snc4n3CC(C)(C)C4)cc21.CP(=O)(O)CCC(N)C(=O)O.Cc1ccn2nc(S(=O)(=O)Nc3c(F)cccc3F)nc2n1. The summed E-state index contributed by atoms with van der Waals surface area (Å²) in [7, 11) is -7.45. The number of aromatic nitrogens is 6. The molecule has 1 amide bonds. The number of aryl methyl sites for hydroxylation is 1. The summed E-state index contributed by atoms with van der Waals surface area (Å²) in [6.07, 6.45) is 7.70. The van der Waals surface area contributed by atoms with Gasteiger partial charge in [0.1, 0.15) is 40.6 Å². The van der Waals surface area contributed by atoms with E-state index in [1.807, 2.05) is 4.57 Å². The van der Waals surface area contributed by atoms with Gasteiger partial charge in [-0.2, -0.15) is 17.8 Å². The highest BCUT2D eigenvalue weighted by atomic mass is 32.2. The third-order valence-corrected chi connectivity index (χ3v) is 11.4. The van der Waals surface area contributed by atoms with Crippen LogP contribution >= 0.6 is 18.9 Å². The van der Waals surface area contributed by atoms with Crippen molar-refractivity contribution in [1.29, 1.82) is 0 Å². The van der Waals surface area contributed by atoms with Gasteiger partial charge in [0.25, 0.3) is 26.9 Å². The summed E-state index contributed by atoms with van der Waals surface area (Å²) >= 11 is 1.24. The Balaban J connectivity index is 0.000000182. The Morgan fingerprint density at radius 1 is 1.20 bits per heavy atom. The summed E-state index contributed by atoms with van der Waals surface area (Å²) in [5, 5.41) is 11.4. The number of anilines is 2. The molecule has 2 aliphatic rings. The van der Waals surface area contributed by atoms with E-state index in [4.69, 9.17) is 26.9 Å². The minimum atomic E-state index is -4.35. The van der Waals surface area contributed by atoms with Crippen LogP contribution in [0.4, 0.5) is 30.2 Å². The van der Waals surface area contributed by atoms with E-state index >= 15 is 0 Å². The van der Waals surface area contributed by atoms with Crippen LogP contribution in [0.1, 0.15) is 31.8 Å². The minimum absolute atomic E-state index is 0.0412. The molecule has 2 aromatic carbocycles. The Morgan fingerprint density at radius 3 is 2.54 bits per heavy atom. The number of carbonyl (C=O) groups is 2. The van der Waals surface area contributed by atoms with Crippen molar-refractivity contribution in [2.24, 2.45) is 16.1 Å². The lowest BCUT2D eigenvalue weighted by molar-refractivity contribution is -0.138. The average Bonchev–Trinajstić information content (AvgIpc) is 3.83. The Hall–Kier alpha value is -5.66. The van der Waals surface area contributed by atoms with Gasteiger partial charge < -0.3 is 25.0 Å². The van der Waals surface area contributed by atoms with Crippen molar-refractivity contribution in [3.8, 4) is 18.1 Å². The van der Waals surface area contributed by atoms with Crippen molar-refractivity contribution in [3.63, 3.8) is 0 Å². The number of nitrogens with zero attached hydrogens (tertiary/aromatic N) is 8. The van der Waals surface area contributed by atoms with Gasteiger partial charge in [0, 0.05) is 55.3 Å². The smallest absolute Gasteiger partial charge is 0.320 e. The van der Waals surface area contributed by atoms with Gasteiger partial charge >= 0.3 is 5.97 Å². The number of para-hydroxylation sites is 1. The number of aliphatic carboxylic acids is 1. The quantitative estimate of drug-likeness (QED) is 0.123. The van der Waals surface area contributed by atoms with Crippen LogP contribution in [0.5, 0.6) is 5.75 Å². The van der Waals surface area contributed by atoms with Gasteiger partial charge in [-0.05, 0) is 43.0 Å². The van der Waals surface area contributed by atoms with Crippen LogP contribution in [0.15, 0.2) is 52.7 Å². The molecule has 0 fully saturated rings. The molecule has 0 saturated heterocycles. The second-order valence-corrected chi connectivity index (χ2v) is 18.9. The van der Waals surface area contributed by atoms with Crippen molar-refractivity contribution in [1.82, 2.24) is 28.5 Å². The van der Waals surface area contributed by atoms with E-state index in [0.717, 1.165) is 41.5 Å². The lowest BCUT2D eigenvalue weighted by Crippen LogP contribution is -2.39. The van der Waals surface area contributed by atoms with Crippen molar-refractivity contribution in [2.75, 3.05) is 35.6 Å². The van der Waals surface area contributed by atoms with Gasteiger partial charge in [0.15, 0.2) is 19.8 Å². The van der Waals surface area contributed by atoms with Gasteiger partial charge in [-0.25, -0.2) is 27.7 Å². The number of halogens is 3. The number of terminal acetylenes is 1. The molecule has 5 N–H and O–H groups in total. The second-order valence-electron chi connectivity index (χ2n) is 14.1. The number of amides is 1. The summed E-state index contributed by atoms with van der Waals surface area (Å²) in [4.78, 5) is 45.2. The molecule has 59 heavy (non-hydrogen) atoms. The minimum Gasteiger partial charge on any atom is -0.481 e. The maximum atomic E-state index is 14.5. The average molecular weight is 879 g/mol. The van der Waals surface area contributed by atoms with Crippen molar-refractivity contribution >= 4 is 63.6 Å². The number of carboxylic acids is 1. The number of sulfonamides is 1. The first-order valence-electron chi connectivity index (χ1n) is 17.3. The predicted octanol–water partition coefficient (Wildman–Crippen LogP) is 3.46.